The van der Waals surface area contributed by atoms with E-state index in [1.165, 1.54) is 19.1 Å². The van der Waals surface area contributed by atoms with Gasteiger partial charge in [-0.05, 0) is 72.3 Å². The van der Waals surface area contributed by atoms with Crippen molar-refractivity contribution in [1.82, 2.24) is 4.72 Å². The van der Waals surface area contributed by atoms with Crippen molar-refractivity contribution in [2.45, 2.75) is 24.8 Å². The van der Waals surface area contributed by atoms with E-state index in [1.54, 1.807) is 24.3 Å². The zero-order valence-corrected chi connectivity index (χ0v) is 15.7. The van der Waals surface area contributed by atoms with Gasteiger partial charge in [0, 0.05) is 9.26 Å². The van der Waals surface area contributed by atoms with Gasteiger partial charge in [0.25, 0.3) is 0 Å². The Morgan fingerprint density at radius 3 is 2.39 bits per heavy atom. The Bertz CT molecular complexity index is 807. The second-order valence-electron chi connectivity index (χ2n) is 5.10. The Hall–Kier alpha value is -1.45. The number of amides is 1. The van der Waals surface area contributed by atoms with E-state index in [4.69, 9.17) is 0 Å². The van der Waals surface area contributed by atoms with E-state index in [1.807, 2.05) is 19.1 Å². The highest BCUT2D eigenvalue weighted by molar-refractivity contribution is 14.1. The minimum atomic E-state index is -3.73. The second-order valence-corrected chi connectivity index (χ2v) is 8.06. The van der Waals surface area contributed by atoms with Crippen molar-refractivity contribution in [3.8, 4) is 0 Å². The van der Waals surface area contributed by atoms with Crippen molar-refractivity contribution in [3.05, 3.63) is 57.7 Å². The maximum Gasteiger partial charge on any atom is 0.242 e. The van der Waals surface area contributed by atoms with E-state index in [2.05, 4.69) is 32.6 Å². The first-order valence-corrected chi connectivity index (χ1v) is 9.50. The van der Waals surface area contributed by atoms with Crippen LogP contribution < -0.4 is 10.0 Å². The summed E-state index contributed by atoms with van der Waals surface area (Å²) in [5.41, 5.74) is 1.59. The third-order valence-corrected chi connectivity index (χ3v) is 5.45. The van der Waals surface area contributed by atoms with Gasteiger partial charge < -0.3 is 5.32 Å². The number of carbonyl (C=O) groups excluding carboxylic acids is 1. The first-order valence-electron chi connectivity index (χ1n) is 6.94. The number of hydrogen-bond acceptors (Lipinski definition) is 3. The van der Waals surface area contributed by atoms with E-state index in [0.717, 1.165) is 9.13 Å². The lowest BCUT2D eigenvalue weighted by Crippen LogP contribution is -2.41. The standard InChI is InChI=1S/C16H17IN2O3S/c1-11-10-13(17)8-9-15(11)18-16(20)12(2)19-23(21,22)14-6-4-3-5-7-14/h3-10,12,19H,1-2H3,(H,18,20). The van der Waals surface area contributed by atoms with Crippen LogP contribution in [0.5, 0.6) is 0 Å². The molecule has 7 heteroatoms. The summed E-state index contributed by atoms with van der Waals surface area (Å²) in [7, 11) is -3.73. The fourth-order valence-electron chi connectivity index (χ4n) is 1.96. The maximum absolute atomic E-state index is 12.2. The molecule has 23 heavy (non-hydrogen) atoms. The molecule has 0 spiro atoms. The average molecular weight is 444 g/mol. The summed E-state index contributed by atoms with van der Waals surface area (Å²) in [6.07, 6.45) is 0. The Morgan fingerprint density at radius 1 is 1.13 bits per heavy atom. The van der Waals surface area contributed by atoms with Crippen molar-refractivity contribution >= 4 is 44.2 Å². The molecule has 1 unspecified atom stereocenters. The average Bonchev–Trinajstić information content (AvgIpc) is 2.50. The smallest absolute Gasteiger partial charge is 0.242 e. The van der Waals surface area contributed by atoms with Gasteiger partial charge in [-0.1, -0.05) is 18.2 Å². The van der Waals surface area contributed by atoms with Crippen LogP contribution >= 0.6 is 22.6 Å². The molecule has 122 valence electrons. The van der Waals surface area contributed by atoms with Crippen molar-refractivity contribution in [2.24, 2.45) is 0 Å². The summed E-state index contributed by atoms with van der Waals surface area (Å²) >= 11 is 2.19. The van der Waals surface area contributed by atoms with Gasteiger partial charge in [-0.2, -0.15) is 4.72 Å². The molecule has 0 aliphatic heterocycles. The summed E-state index contributed by atoms with van der Waals surface area (Å²) in [6, 6.07) is 12.7. The maximum atomic E-state index is 12.2. The van der Waals surface area contributed by atoms with Gasteiger partial charge >= 0.3 is 0 Å². The highest BCUT2D eigenvalue weighted by Crippen LogP contribution is 2.18. The van der Waals surface area contributed by atoms with E-state index in [0.29, 0.717) is 5.69 Å². The molecule has 2 aromatic carbocycles. The van der Waals surface area contributed by atoms with Gasteiger partial charge in [0.1, 0.15) is 0 Å². The number of benzene rings is 2. The monoisotopic (exact) mass is 444 g/mol. The quantitative estimate of drug-likeness (QED) is 0.697. The summed E-state index contributed by atoms with van der Waals surface area (Å²) in [4.78, 5) is 12.3. The molecule has 0 fully saturated rings. The first-order chi connectivity index (χ1) is 10.8. The predicted octanol–water partition coefficient (Wildman–Crippen LogP) is 2.91. The fourth-order valence-corrected chi connectivity index (χ4v) is 3.83. The van der Waals surface area contributed by atoms with Crippen molar-refractivity contribution in [2.75, 3.05) is 5.32 Å². The number of halogens is 1. The Morgan fingerprint density at radius 2 is 1.78 bits per heavy atom. The molecule has 0 radical (unpaired) electrons. The third kappa shape index (κ3) is 4.76. The molecule has 0 aromatic heterocycles. The molecular formula is C16H17IN2O3S. The topological polar surface area (TPSA) is 75.3 Å². The molecule has 0 aliphatic rings. The van der Waals surface area contributed by atoms with Crippen LogP contribution in [-0.2, 0) is 14.8 Å². The number of rotatable bonds is 5. The number of carbonyl (C=O) groups is 1. The predicted molar refractivity (Wildman–Crippen MR) is 98.8 cm³/mol. The Balaban J connectivity index is 2.08. The first kappa shape index (κ1) is 17.9. The summed E-state index contributed by atoms with van der Waals surface area (Å²) in [6.45, 7) is 3.40. The molecule has 2 aromatic rings. The van der Waals surface area contributed by atoms with Crippen LogP contribution in [0.2, 0.25) is 0 Å². The van der Waals surface area contributed by atoms with E-state index < -0.39 is 22.0 Å². The molecule has 0 saturated carbocycles. The highest BCUT2D eigenvalue weighted by atomic mass is 127. The van der Waals surface area contributed by atoms with Gasteiger partial charge in [-0.3, -0.25) is 4.79 Å². The van der Waals surface area contributed by atoms with Crippen LogP contribution in [-0.4, -0.2) is 20.4 Å². The molecule has 0 heterocycles. The molecular weight excluding hydrogens is 427 g/mol. The summed E-state index contributed by atoms with van der Waals surface area (Å²) < 4.78 is 27.9. The number of nitrogens with one attached hydrogen (secondary N) is 2. The SMILES string of the molecule is Cc1cc(I)ccc1NC(=O)C(C)NS(=O)(=O)c1ccccc1. The molecule has 0 bridgehead atoms. The number of anilines is 1. The lowest BCUT2D eigenvalue weighted by atomic mass is 10.2. The van der Waals surface area contributed by atoms with Crippen molar-refractivity contribution < 1.29 is 13.2 Å². The highest BCUT2D eigenvalue weighted by Gasteiger charge is 2.22. The van der Waals surface area contributed by atoms with Crippen LogP contribution in [0.4, 0.5) is 5.69 Å². The number of aryl methyl sites for hydroxylation is 1. The normalized spacial score (nSPS) is 12.7. The van der Waals surface area contributed by atoms with E-state index in [-0.39, 0.29) is 4.90 Å². The minimum absolute atomic E-state index is 0.130. The van der Waals surface area contributed by atoms with Crippen molar-refractivity contribution in [3.63, 3.8) is 0 Å². The van der Waals surface area contributed by atoms with Gasteiger partial charge in [-0.25, -0.2) is 8.42 Å². The van der Waals surface area contributed by atoms with E-state index in [9.17, 15) is 13.2 Å². The van der Waals surface area contributed by atoms with Crippen LogP contribution in [0, 0.1) is 10.5 Å². The van der Waals surface area contributed by atoms with E-state index >= 15 is 0 Å². The molecule has 2 N–H and O–H groups in total. The lowest BCUT2D eigenvalue weighted by molar-refractivity contribution is -0.117. The van der Waals surface area contributed by atoms with Crippen LogP contribution in [0.25, 0.3) is 0 Å². The van der Waals surface area contributed by atoms with Crippen LogP contribution in [0.3, 0.4) is 0 Å². The molecule has 0 aliphatic carbocycles. The second kappa shape index (κ2) is 7.41. The number of sulfonamides is 1. The molecule has 0 saturated heterocycles. The number of hydrogen-bond donors (Lipinski definition) is 2. The minimum Gasteiger partial charge on any atom is -0.324 e. The Kier molecular flexibility index (Phi) is 5.77. The summed E-state index contributed by atoms with van der Waals surface area (Å²) in [5.74, 6) is -0.409. The lowest BCUT2D eigenvalue weighted by Gasteiger charge is -2.15. The van der Waals surface area contributed by atoms with Gasteiger partial charge in [0.05, 0.1) is 10.9 Å². The van der Waals surface area contributed by atoms with Gasteiger partial charge in [-0.15, -0.1) is 0 Å². The zero-order valence-electron chi connectivity index (χ0n) is 12.7. The zero-order chi connectivity index (χ0) is 17.0. The summed E-state index contributed by atoms with van der Waals surface area (Å²) in [5, 5.41) is 2.74. The van der Waals surface area contributed by atoms with Crippen molar-refractivity contribution in [1.29, 1.82) is 0 Å². The molecule has 5 nitrogen and oxygen atoms in total. The van der Waals surface area contributed by atoms with Gasteiger partial charge in [0.2, 0.25) is 15.9 Å². The van der Waals surface area contributed by atoms with Gasteiger partial charge in [0.15, 0.2) is 0 Å². The largest absolute Gasteiger partial charge is 0.324 e. The fraction of sp³-hybridized carbons (Fsp3) is 0.188. The molecule has 1 amide bonds. The van der Waals surface area contributed by atoms with Crippen LogP contribution in [0.1, 0.15) is 12.5 Å². The van der Waals surface area contributed by atoms with Crippen LogP contribution in [0.15, 0.2) is 53.4 Å². The third-order valence-electron chi connectivity index (χ3n) is 3.23. The molecule has 1 atom stereocenters. The molecule has 2 rings (SSSR count). The Labute approximate surface area is 149 Å².